The van der Waals surface area contributed by atoms with Gasteiger partial charge >= 0.3 is 0 Å². The highest BCUT2D eigenvalue weighted by molar-refractivity contribution is 7.98. The first kappa shape index (κ1) is 18.0. The summed E-state index contributed by atoms with van der Waals surface area (Å²) >= 11 is 1.74. The molecule has 0 spiro atoms. The molecule has 0 aromatic carbocycles. The Labute approximate surface area is 129 Å². The molecular formula is C13H24N4O3S. The third-order valence-electron chi connectivity index (χ3n) is 2.60. The van der Waals surface area contributed by atoms with Gasteiger partial charge in [0.1, 0.15) is 11.5 Å². The van der Waals surface area contributed by atoms with Crippen molar-refractivity contribution in [3.63, 3.8) is 0 Å². The molecule has 0 amide bonds. The summed E-state index contributed by atoms with van der Waals surface area (Å²) in [5.41, 5.74) is 0. The van der Waals surface area contributed by atoms with E-state index >= 15 is 0 Å². The maximum absolute atomic E-state index is 10.6. The minimum absolute atomic E-state index is 0.0623. The summed E-state index contributed by atoms with van der Waals surface area (Å²) in [5.74, 6) is 4.12. The number of thioether (sulfide) groups is 1. The Kier molecular flexibility index (Phi) is 8.40. The van der Waals surface area contributed by atoms with Gasteiger partial charge in [0.2, 0.25) is 0 Å². The Bertz CT molecular complexity index is 435. The molecule has 21 heavy (non-hydrogen) atoms. The number of furan rings is 1. The van der Waals surface area contributed by atoms with Crippen molar-refractivity contribution in [2.45, 2.75) is 12.3 Å². The van der Waals surface area contributed by atoms with Gasteiger partial charge in [0.05, 0.1) is 12.3 Å². The second-order valence-electron chi connectivity index (χ2n) is 4.83. The Hall–Kier alpha value is -1.06. The highest BCUT2D eigenvalue weighted by Crippen LogP contribution is 2.15. The van der Waals surface area contributed by atoms with E-state index in [0.717, 1.165) is 29.6 Å². The number of hydroxylamine groups is 2. The molecule has 1 atom stereocenters. The van der Waals surface area contributed by atoms with Gasteiger partial charge in [-0.1, -0.05) is 0 Å². The zero-order valence-corrected chi connectivity index (χ0v) is 13.6. The van der Waals surface area contributed by atoms with Crippen molar-refractivity contribution >= 4 is 17.6 Å². The predicted molar refractivity (Wildman–Crippen MR) is 84.6 cm³/mol. The molecule has 1 rings (SSSR count). The molecule has 0 bridgehead atoms. The maximum atomic E-state index is 10.6. The van der Waals surface area contributed by atoms with E-state index in [9.17, 15) is 5.21 Å². The first-order valence-corrected chi connectivity index (χ1v) is 7.88. The van der Waals surface area contributed by atoms with Crippen LogP contribution in [0.2, 0.25) is 0 Å². The van der Waals surface area contributed by atoms with E-state index in [0.29, 0.717) is 12.4 Å². The number of rotatable bonds is 9. The molecule has 0 aliphatic heterocycles. The average Bonchev–Trinajstić information content (AvgIpc) is 2.83. The summed E-state index contributed by atoms with van der Waals surface area (Å²) in [7, 11) is 5.60. The fraction of sp³-hybridized carbons (Fsp3) is 0.615. The molecule has 0 aliphatic rings. The molecule has 1 unspecified atom stereocenters. The minimum Gasteiger partial charge on any atom is -0.600 e. The van der Waals surface area contributed by atoms with Gasteiger partial charge in [-0.25, -0.2) is 10.4 Å². The van der Waals surface area contributed by atoms with E-state index in [-0.39, 0.29) is 6.54 Å². The highest BCUT2D eigenvalue weighted by Gasteiger charge is 2.04. The van der Waals surface area contributed by atoms with Gasteiger partial charge in [-0.15, -0.1) is 0 Å². The lowest BCUT2D eigenvalue weighted by Crippen LogP contribution is -3.06. The lowest BCUT2D eigenvalue weighted by Gasteiger charge is -2.14. The van der Waals surface area contributed by atoms with Crippen LogP contribution in [0.3, 0.4) is 0 Å². The predicted octanol–water partition coefficient (Wildman–Crippen LogP) is -0.0358. The average molecular weight is 316 g/mol. The Balaban J connectivity index is 2.18. The number of hydrogen-bond donors (Lipinski definition) is 3. The smallest absolute Gasteiger partial charge is 0.164 e. The van der Waals surface area contributed by atoms with Crippen LogP contribution in [-0.4, -0.2) is 55.9 Å². The minimum atomic E-state index is -0.875. The number of aliphatic imine (C=N–C) groups is 1. The largest absolute Gasteiger partial charge is 0.600 e. The highest BCUT2D eigenvalue weighted by atomic mass is 32.2. The molecule has 0 saturated heterocycles. The van der Waals surface area contributed by atoms with Crippen molar-refractivity contribution in [3.05, 3.63) is 28.9 Å². The second-order valence-corrected chi connectivity index (χ2v) is 5.93. The van der Waals surface area contributed by atoms with Crippen molar-refractivity contribution in [2.24, 2.45) is 4.99 Å². The molecule has 0 radical (unpaired) electrons. The van der Waals surface area contributed by atoms with Crippen LogP contribution in [0.4, 0.5) is 0 Å². The molecule has 0 aliphatic carbocycles. The molecule has 7 nitrogen and oxygen atoms in total. The number of nitrogens with one attached hydrogen (secondary N) is 2. The van der Waals surface area contributed by atoms with Crippen molar-refractivity contribution in [3.8, 4) is 0 Å². The maximum Gasteiger partial charge on any atom is 0.164 e. The van der Waals surface area contributed by atoms with Gasteiger partial charge < -0.3 is 19.8 Å². The first-order valence-electron chi connectivity index (χ1n) is 6.72. The summed E-state index contributed by atoms with van der Waals surface area (Å²) < 4.78 is 5.71. The first-order chi connectivity index (χ1) is 10.0. The number of nitrogens with zero attached hydrogens (tertiary/aromatic N) is 2. The lowest BCUT2D eigenvalue weighted by atomic mass is 10.4. The van der Waals surface area contributed by atoms with Gasteiger partial charge in [-0.05, 0) is 26.2 Å². The van der Waals surface area contributed by atoms with E-state index in [1.54, 1.807) is 18.8 Å². The van der Waals surface area contributed by atoms with Crippen LogP contribution >= 0.6 is 11.8 Å². The Morgan fingerprint density at radius 1 is 1.48 bits per heavy atom. The molecule has 1 heterocycles. The molecular weight excluding hydrogens is 292 g/mol. The molecule has 1 aromatic heterocycles. The summed E-state index contributed by atoms with van der Waals surface area (Å²) in [4.78, 5) is 5.97. The van der Waals surface area contributed by atoms with Crippen molar-refractivity contribution < 1.29 is 14.9 Å². The van der Waals surface area contributed by atoms with Gasteiger partial charge in [-0.2, -0.15) is 11.8 Å². The van der Waals surface area contributed by atoms with Gasteiger partial charge in [-0.3, -0.25) is 4.99 Å². The fourth-order valence-corrected chi connectivity index (χ4v) is 2.45. The third kappa shape index (κ3) is 8.08. The van der Waals surface area contributed by atoms with Gasteiger partial charge in [0.25, 0.3) is 0 Å². The van der Waals surface area contributed by atoms with E-state index in [1.165, 1.54) is 0 Å². The van der Waals surface area contributed by atoms with Crippen LogP contribution in [0.5, 0.6) is 0 Å². The number of hydrogen-bond acceptors (Lipinski definition) is 6. The zero-order chi connectivity index (χ0) is 15.7. The van der Waals surface area contributed by atoms with E-state index in [2.05, 4.69) is 15.2 Å². The van der Waals surface area contributed by atoms with E-state index < -0.39 is 5.23 Å². The van der Waals surface area contributed by atoms with E-state index in [4.69, 9.17) is 9.62 Å². The standard InChI is InChI=1S/C13H24N4O3S/c1-14-13(9-17(18)19)15-6-7-21-10-12-5-4-11(20-12)8-16(2)3/h4-5,17-18H,6-10H2,1-3H3,(H,14,15). The number of amidine groups is 1. The van der Waals surface area contributed by atoms with Crippen LogP contribution in [0, 0.1) is 5.21 Å². The SMILES string of the molecule is CN=C(C[NH+]([O-])O)NCCSCc1ccc(CN(C)C)o1. The van der Waals surface area contributed by atoms with Crippen LogP contribution in [0.25, 0.3) is 0 Å². The van der Waals surface area contributed by atoms with Crippen molar-refractivity contribution in [1.29, 1.82) is 0 Å². The fourth-order valence-electron chi connectivity index (χ4n) is 1.70. The normalized spacial score (nSPS) is 13.7. The van der Waals surface area contributed by atoms with Crippen molar-refractivity contribution in [1.82, 2.24) is 10.2 Å². The van der Waals surface area contributed by atoms with Crippen LogP contribution in [0.15, 0.2) is 21.5 Å². The van der Waals surface area contributed by atoms with Crippen molar-refractivity contribution in [2.75, 3.05) is 40.0 Å². The molecule has 0 fully saturated rings. The number of quaternary nitrogens is 1. The summed E-state index contributed by atoms with van der Waals surface area (Å²) in [6, 6.07) is 4.01. The third-order valence-corrected chi connectivity index (χ3v) is 3.58. The van der Waals surface area contributed by atoms with Gasteiger partial charge in [0.15, 0.2) is 12.4 Å². The van der Waals surface area contributed by atoms with Crippen LogP contribution in [0.1, 0.15) is 11.5 Å². The molecule has 1 aromatic rings. The lowest BCUT2D eigenvalue weighted by molar-refractivity contribution is -1.04. The Morgan fingerprint density at radius 2 is 2.19 bits per heavy atom. The summed E-state index contributed by atoms with van der Waals surface area (Å²) in [6.45, 7) is 1.43. The Morgan fingerprint density at radius 3 is 2.81 bits per heavy atom. The summed E-state index contributed by atoms with van der Waals surface area (Å²) in [5, 5.41) is 21.4. The van der Waals surface area contributed by atoms with E-state index in [1.807, 2.05) is 26.2 Å². The quantitative estimate of drug-likeness (QED) is 0.256. The van der Waals surface area contributed by atoms with Gasteiger partial charge in [0, 0.05) is 19.3 Å². The molecule has 0 saturated carbocycles. The summed E-state index contributed by atoms with van der Waals surface area (Å²) in [6.07, 6.45) is 0. The molecule has 120 valence electrons. The molecule has 3 N–H and O–H groups in total. The topological polar surface area (TPSA) is 88.5 Å². The van der Waals surface area contributed by atoms with Crippen LogP contribution in [-0.2, 0) is 12.3 Å². The monoisotopic (exact) mass is 316 g/mol. The second kappa shape index (κ2) is 9.80. The van der Waals surface area contributed by atoms with Crippen LogP contribution < -0.4 is 10.5 Å². The molecule has 8 heteroatoms. The zero-order valence-electron chi connectivity index (χ0n) is 12.8.